The maximum atomic E-state index is 6.11. The molecule has 0 saturated carbocycles. The lowest BCUT2D eigenvalue weighted by Crippen LogP contribution is -2.00. The molecule has 0 saturated heterocycles. The Kier molecular flexibility index (Phi) is 4.53. The number of nitrogens with one attached hydrogen (secondary N) is 1. The molecule has 0 radical (unpaired) electrons. The molecule has 0 unspecified atom stereocenters. The Hall–Kier alpha value is -1.87. The van der Waals surface area contributed by atoms with Crippen molar-refractivity contribution in [2.24, 2.45) is 0 Å². The van der Waals surface area contributed by atoms with Gasteiger partial charge in [-0.15, -0.1) is 0 Å². The van der Waals surface area contributed by atoms with Gasteiger partial charge in [0.15, 0.2) is 11.5 Å². The monoisotopic (exact) mass is 277 g/mol. The van der Waals surface area contributed by atoms with Gasteiger partial charge in [-0.3, -0.25) is 0 Å². The van der Waals surface area contributed by atoms with E-state index in [0.29, 0.717) is 18.0 Å². The van der Waals surface area contributed by atoms with Crippen molar-refractivity contribution >= 4 is 17.3 Å². The minimum absolute atomic E-state index is 0.662. The van der Waals surface area contributed by atoms with Gasteiger partial charge in [0.05, 0.1) is 14.2 Å². The van der Waals surface area contributed by atoms with Crippen LogP contribution in [0.25, 0.3) is 0 Å². The van der Waals surface area contributed by atoms with Crippen molar-refractivity contribution in [3.63, 3.8) is 0 Å². The fourth-order valence-electron chi connectivity index (χ4n) is 1.79. The van der Waals surface area contributed by atoms with Crippen LogP contribution in [0, 0.1) is 0 Å². The summed E-state index contributed by atoms with van der Waals surface area (Å²) >= 11 is 6.11. The van der Waals surface area contributed by atoms with E-state index in [9.17, 15) is 0 Å². The number of anilines is 1. The molecule has 2 rings (SSSR count). The molecule has 0 bridgehead atoms. The molecule has 2 aromatic carbocycles. The average molecular weight is 278 g/mol. The van der Waals surface area contributed by atoms with Crippen molar-refractivity contribution in [2.45, 2.75) is 6.54 Å². The smallest absolute Gasteiger partial charge is 0.162 e. The number of benzene rings is 2. The number of halogens is 1. The van der Waals surface area contributed by atoms with Crippen LogP contribution in [0.5, 0.6) is 11.5 Å². The number of hydrogen-bond donors (Lipinski definition) is 1. The fraction of sp³-hybridized carbons (Fsp3) is 0.200. The van der Waals surface area contributed by atoms with Gasteiger partial charge in [0.2, 0.25) is 0 Å². The molecule has 0 aliphatic carbocycles. The Morgan fingerprint density at radius 1 is 1.00 bits per heavy atom. The summed E-state index contributed by atoms with van der Waals surface area (Å²) in [5.41, 5.74) is 2.01. The van der Waals surface area contributed by atoms with Crippen molar-refractivity contribution in [3.8, 4) is 11.5 Å². The molecule has 0 heterocycles. The molecule has 0 aliphatic rings. The Morgan fingerprint density at radius 3 is 2.42 bits per heavy atom. The van der Waals surface area contributed by atoms with Gasteiger partial charge in [-0.1, -0.05) is 29.8 Å². The molecule has 3 nitrogen and oxygen atoms in total. The predicted octanol–water partition coefficient (Wildman–Crippen LogP) is 3.97. The second kappa shape index (κ2) is 6.34. The van der Waals surface area contributed by atoms with Crippen molar-refractivity contribution in [1.29, 1.82) is 0 Å². The molecule has 0 fully saturated rings. The van der Waals surface area contributed by atoms with Gasteiger partial charge >= 0.3 is 0 Å². The van der Waals surface area contributed by atoms with Crippen LogP contribution in [0.2, 0.25) is 5.02 Å². The molecule has 4 heteroatoms. The largest absolute Gasteiger partial charge is 0.493 e. The minimum Gasteiger partial charge on any atom is -0.493 e. The fourth-order valence-corrected chi connectivity index (χ4v) is 1.99. The Labute approximate surface area is 118 Å². The van der Waals surface area contributed by atoms with Gasteiger partial charge in [-0.2, -0.15) is 0 Å². The number of methoxy groups -OCH3 is 2. The molecular formula is C15H16ClNO2. The van der Waals surface area contributed by atoms with Gasteiger partial charge < -0.3 is 14.8 Å². The van der Waals surface area contributed by atoms with Crippen molar-refractivity contribution in [2.75, 3.05) is 19.5 Å². The van der Waals surface area contributed by atoms with Crippen LogP contribution < -0.4 is 14.8 Å². The Morgan fingerprint density at radius 2 is 1.74 bits per heavy atom. The minimum atomic E-state index is 0.662. The summed E-state index contributed by atoms with van der Waals surface area (Å²) in [7, 11) is 3.24. The highest BCUT2D eigenvalue weighted by molar-refractivity contribution is 6.31. The zero-order chi connectivity index (χ0) is 13.7. The molecule has 0 aliphatic heterocycles. The second-order valence-electron chi connectivity index (χ2n) is 4.01. The first-order valence-electron chi connectivity index (χ1n) is 5.94. The van der Waals surface area contributed by atoms with E-state index in [1.807, 2.05) is 42.5 Å². The van der Waals surface area contributed by atoms with E-state index in [1.54, 1.807) is 14.2 Å². The maximum absolute atomic E-state index is 6.11. The molecule has 19 heavy (non-hydrogen) atoms. The summed E-state index contributed by atoms with van der Waals surface area (Å²) < 4.78 is 10.5. The first-order valence-corrected chi connectivity index (χ1v) is 6.31. The van der Waals surface area contributed by atoms with Crippen LogP contribution in [-0.2, 0) is 6.54 Å². The van der Waals surface area contributed by atoms with E-state index in [4.69, 9.17) is 21.1 Å². The first kappa shape index (κ1) is 13.6. The average Bonchev–Trinajstić information content (AvgIpc) is 2.46. The number of hydrogen-bond acceptors (Lipinski definition) is 3. The second-order valence-corrected chi connectivity index (χ2v) is 4.42. The maximum Gasteiger partial charge on any atom is 0.162 e. The summed E-state index contributed by atoms with van der Waals surface area (Å²) in [6, 6.07) is 13.5. The lowest BCUT2D eigenvalue weighted by molar-refractivity contribution is 0.355. The van der Waals surface area contributed by atoms with E-state index in [2.05, 4.69) is 5.32 Å². The molecule has 0 atom stereocenters. The first-order chi connectivity index (χ1) is 9.24. The molecule has 0 spiro atoms. The Bertz CT molecular complexity index is 558. The highest BCUT2D eigenvalue weighted by Gasteiger charge is 2.05. The third-order valence-electron chi connectivity index (χ3n) is 2.82. The molecule has 0 amide bonds. The summed E-state index contributed by atoms with van der Waals surface area (Å²) in [4.78, 5) is 0. The van der Waals surface area contributed by atoms with Crippen molar-refractivity contribution in [3.05, 3.63) is 53.1 Å². The van der Waals surface area contributed by atoms with Gasteiger partial charge in [0.25, 0.3) is 0 Å². The van der Waals surface area contributed by atoms with E-state index in [1.165, 1.54) is 0 Å². The van der Waals surface area contributed by atoms with Gasteiger partial charge in [-0.05, 0) is 23.8 Å². The van der Waals surface area contributed by atoms with Crippen LogP contribution >= 0.6 is 11.6 Å². The zero-order valence-electron chi connectivity index (χ0n) is 10.9. The number of rotatable bonds is 5. The van der Waals surface area contributed by atoms with Crippen LogP contribution in [0.4, 0.5) is 5.69 Å². The van der Waals surface area contributed by atoms with Crippen LogP contribution in [0.15, 0.2) is 42.5 Å². The van der Waals surface area contributed by atoms with Crippen molar-refractivity contribution in [1.82, 2.24) is 0 Å². The topological polar surface area (TPSA) is 30.5 Å². The molecule has 1 N–H and O–H groups in total. The zero-order valence-corrected chi connectivity index (χ0v) is 11.7. The van der Waals surface area contributed by atoms with E-state index < -0.39 is 0 Å². The molecule has 100 valence electrons. The predicted molar refractivity (Wildman–Crippen MR) is 78.3 cm³/mol. The summed E-state index contributed by atoms with van der Waals surface area (Å²) in [5, 5.41) is 4.07. The van der Waals surface area contributed by atoms with Gasteiger partial charge in [-0.25, -0.2) is 0 Å². The normalized spacial score (nSPS) is 10.1. The summed E-state index contributed by atoms with van der Waals surface area (Å²) in [6.45, 7) is 0.662. The third kappa shape index (κ3) is 3.32. The van der Waals surface area contributed by atoms with Gasteiger partial charge in [0, 0.05) is 23.3 Å². The quantitative estimate of drug-likeness (QED) is 0.897. The van der Waals surface area contributed by atoms with E-state index in [0.717, 1.165) is 16.3 Å². The Balaban J connectivity index is 2.10. The third-order valence-corrected chi connectivity index (χ3v) is 3.19. The van der Waals surface area contributed by atoms with Crippen LogP contribution in [0.3, 0.4) is 0 Å². The highest BCUT2D eigenvalue weighted by Crippen LogP contribution is 2.30. The standard InChI is InChI=1S/C15H16ClNO2/c1-18-14-8-7-12(9-15(14)19-2)17-10-11-5-3-4-6-13(11)16/h3-9,17H,10H2,1-2H3. The number of ether oxygens (including phenoxy) is 2. The van der Waals surface area contributed by atoms with E-state index >= 15 is 0 Å². The molecule has 2 aromatic rings. The van der Waals surface area contributed by atoms with Crippen LogP contribution in [-0.4, -0.2) is 14.2 Å². The summed E-state index contributed by atoms with van der Waals surface area (Å²) in [6.07, 6.45) is 0. The molecular weight excluding hydrogens is 262 g/mol. The summed E-state index contributed by atoms with van der Waals surface area (Å²) in [5.74, 6) is 1.41. The van der Waals surface area contributed by atoms with Crippen LogP contribution in [0.1, 0.15) is 5.56 Å². The molecule has 0 aromatic heterocycles. The SMILES string of the molecule is COc1ccc(NCc2ccccc2Cl)cc1OC. The van der Waals surface area contributed by atoms with Crippen molar-refractivity contribution < 1.29 is 9.47 Å². The lowest BCUT2D eigenvalue weighted by Gasteiger charge is -2.11. The lowest BCUT2D eigenvalue weighted by atomic mass is 10.2. The van der Waals surface area contributed by atoms with Gasteiger partial charge in [0.1, 0.15) is 0 Å². The van der Waals surface area contributed by atoms with E-state index in [-0.39, 0.29) is 0 Å². The highest BCUT2D eigenvalue weighted by atomic mass is 35.5.